The van der Waals surface area contributed by atoms with Crippen molar-refractivity contribution >= 4 is 52.4 Å². The van der Waals surface area contributed by atoms with E-state index in [1.54, 1.807) is 30.0 Å². The average Bonchev–Trinajstić information content (AvgIpc) is 2.43. The molecule has 23 heavy (non-hydrogen) atoms. The maximum atomic E-state index is 12.0. The highest BCUT2D eigenvalue weighted by Gasteiger charge is 2.12. The molecule has 0 fully saturated rings. The van der Waals surface area contributed by atoms with E-state index in [9.17, 15) is 4.79 Å². The number of amides is 2. The first kappa shape index (κ1) is 18.0. The third-order valence-corrected chi connectivity index (χ3v) is 4.57. The molecule has 0 saturated carbocycles. The number of nitrogens with one attached hydrogen (secondary N) is 2. The Morgan fingerprint density at radius 2 is 1.48 bits per heavy atom. The van der Waals surface area contributed by atoms with Crippen molar-refractivity contribution in [3.05, 3.63) is 52.5 Å². The fraction of sp³-hybridized carbons (Fsp3) is 0.235. The zero-order chi connectivity index (χ0) is 17.0. The van der Waals surface area contributed by atoms with Crippen molar-refractivity contribution < 1.29 is 4.79 Å². The maximum absolute atomic E-state index is 12.0. The summed E-state index contributed by atoms with van der Waals surface area (Å²) < 4.78 is 0.153. The van der Waals surface area contributed by atoms with Gasteiger partial charge in [-0.2, -0.15) is 0 Å². The van der Waals surface area contributed by atoms with Crippen LogP contribution in [0.15, 0.2) is 47.4 Å². The zero-order valence-corrected chi connectivity index (χ0v) is 15.4. The Labute approximate surface area is 150 Å². The van der Waals surface area contributed by atoms with Crippen molar-refractivity contribution in [2.45, 2.75) is 30.4 Å². The third kappa shape index (κ3) is 5.98. The van der Waals surface area contributed by atoms with Gasteiger partial charge in [-0.25, -0.2) is 4.79 Å². The number of urea groups is 1. The van der Waals surface area contributed by atoms with Gasteiger partial charge in [0.2, 0.25) is 0 Å². The zero-order valence-electron chi connectivity index (χ0n) is 13.1. The lowest BCUT2D eigenvalue weighted by Gasteiger charge is -2.17. The molecule has 2 N–H and O–H groups in total. The molecule has 2 amide bonds. The van der Waals surface area contributed by atoms with Gasteiger partial charge in [-0.1, -0.05) is 44.0 Å². The lowest BCUT2D eigenvalue weighted by molar-refractivity contribution is 0.262. The molecule has 0 aromatic heterocycles. The monoisotopic (exact) mass is 368 g/mol. The molecule has 0 unspecified atom stereocenters. The minimum absolute atomic E-state index is 0.153. The van der Waals surface area contributed by atoms with Gasteiger partial charge in [-0.05, 0) is 42.5 Å². The molecule has 2 aromatic rings. The van der Waals surface area contributed by atoms with E-state index in [0.29, 0.717) is 15.7 Å². The SMILES string of the molecule is CC(C)(C)Sc1ccc(NC(=O)Nc2ccc(Cl)c(Cl)c2)cc1. The van der Waals surface area contributed by atoms with E-state index < -0.39 is 0 Å². The van der Waals surface area contributed by atoms with Crippen LogP contribution in [0.4, 0.5) is 16.2 Å². The van der Waals surface area contributed by atoms with E-state index in [0.717, 1.165) is 10.6 Å². The number of rotatable bonds is 3. The number of halogens is 2. The summed E-state index contributed by atoms with van der Waals surface area (Å²) in [7, 11) is 0. The molecule has 2 rings (SSSR count). The van der Waals surface area contributed by atoms with Crippen LogP contribution in [-0.2, 0) is 0 Å². The number of hydrogen-bond donors (Lipinski definition) is 2. The second-order valence-electron chi connectivity index (χ2n) is 5.95. The second-order valence-corrected chi connectivity index (χ2v) is 8.66. The molecule has 0 saturated heterocycles. The Morgan fingerprint density at radius 3 is 2.04 bits per heavy atom. The number of carbonyl (C=O) groups is 1. The fourth-order valence-electron chi connectivity index (χ4n) is 1.83. The van der Waals surface area contributed by atoms with Gasteiger partial charge < -0.3 is 10.6 Å². The summed E-state index contributed by atoms with van der Waals surface area (Å²) in [6.07, 6.45) is 0. The molecule has 2 aromatic carbocycles. The molecule has 0 aliphatic heterocycles. The Morgan fingerprint density at radius 1 is 0.913 bits per heavy atom. The van der Waals surface area contributed by atoms with E-state index in [1.165, 1.54) is 0 Å². The molecule has 122 valence electrons. The van der Waals surface area contributed by atoms with Gasteiger partial charge in [-0.15, -0.1) is 11.8 Å². The lowest BCUT2D eigenvalue weighted by Crippen LogP contribution is -2.19. The smallest absolute Gasteiger partial charge is 0.308 e. The summed E-state index contributed by atoms with van der Waals surface area (Å²) in [4.78, 5) is 13.1. The van der Waals surface area contributed by atoms with Crippen LogP contribution in [0.5, 0.6) is 0 Å². The summed E-state index contributed by atoms with van der Waals surface area (Å²) in [5, 5.41) is 6.34. The molecule has 0 heterocycles. The predicted molar refractivity (Wildman–Crippen MR) is 101 cm³/mol. The Hall–Kier alpha value is -1.36. The van der Waals surface area contributed by atoms with Crippen molar-refractivity contribution in [2.75, 3.05) is 10.6 Å². The van der Waals surface area contributed by atoms with Crippen molar-refractivity contribution in [3.63, 3.8) is 0 Å². The Kier molecular flexibility index (Phi) is 5.84. The second kappa shape index (κ2) is 7.47. The maximum Gasteiger partial charge on any atom is 0.323 e. The molecular formula is C17H18Cl2N2OS. The standard InChI is InChI=1S/C17H18Cl2N2OS/c1-17(2,3)23-13-7-4-11(5-8-13)20-16(22)21-12-6-9-14(18)15(19)10-12/h4-10H,1-3H3,(H2,20,21,22). The number of carbonyl (C=O) groups excluding carboxylic acids is 1. The summed E-state index contributed by atoms with van der Waals surface area (Å²) >= 11 is 13.5. The molecule has 0 bridgehead atoms. The highest BCUT2D eigenvalue weighted by molar-refractivity contribution is 8.00. The van der Waals surface area contributed by atoms with Gasteiger partial charge in [-0.3, -0.25) is 0 Å². The van der Waals surface area contributed by atoms with Crippen LogP contribution < -0.4 is 10.6 Å². The Bertz CT molecular complexity index is 697. The summed E-state index contributed by atoms with van der Waals surface area (Å²) in [5.41, 5.74) is 1.30. The average molecular weight is 369 g/mol. The molecule has 0 aliphatic carbocycles. The van der Waals surface area contributed by atoms with E-state index in [4.69, 9.17) is 23.2 Å². The van der Waals surface area contributed by atoms with Crippen LogP contribution in [0.3, 0.4) is 0 Å². The molecule has 0 radical (unpaired) electrons. The van der Waals surface area contributed by atoms with Crippen molar-refractivity contribution in [1.82, 2.24) is 0 Å². The number of hydrogen-bond acceptors (Lipinski definition) is 2. The molecule has 0 atom stereocenters. The molecule has 0 spiro atoms. The summed E-state index contributed by atoms with van der Waals surface area (Å²) in [5.74, 6) is 0. The number of thioether (sulfide) groups is 1. The lowest BCUT2D eigenvalue weighted by atomic mass is 10.3. The molecule has 6 heteroatoms. The number of benzene rings is 2. The first-order valence-electron chi connectivity index (χ1n) is 7.05. The molecule has 3 nitrogen and oxygen atoms in total. The van der Waals surface area contributed by atoms with Crippen LogP contribution in [0.1, 0.15) is 20.8 Å². The quantitative estimate of drug-likeness (QED) is 0.604. The van der Waals surface area contributed by atoms with Crippen LogP contribution >= 0.6 is 35.0 Å². The van der Waals surface area contributed by atoms with Gasteiger partial charge in [0.1, 0.15) is 0 Å². The van der Waals surface area contributed by atoms with Crippen molar-refractivity contribution in [2.24, 2.45) is 0 Å². The van der Waals surface area contributed by atoms with E-state index >= 15 is 0 Å². The van der Waals surface area contributed by atoms with Gasteiger partial charge >= 0.3 is 6.03 Å². The van der Waals surface area contributed by atoms with Gasteiger partial charge in [0.05, 0.1) is 10.0 Å². The van der Waals surface area contributed by atoms with E-state index in [2.05, 4.69) is 31.4 Å². The van der Waals surface area contributed by atoms with Gasteiger partial charge in [0.25, 0.3) is 0 Å². The normalized spacial score (nSPS) is 11.2. The van der Waals surface area contributed by atoms with Crippen LogP contribution in [-0.4, -0.2) is 10.8 Å². The van der Waals surface area contributed by atoms with Crippen LogP contribution in [0.2, 0.25) is 10.0 Å². The minimum atomic E-state index is -0.334. The first-order chi connectivity index (χ1) is 10.7. The van der Waals surface area contributed by atoms with E-state index in [1.807, 2.05) is 24.3 Å². The third-order valence-electron chi connectivity index (χ3n) is 2.71. The highest BCUT2D eigenvalue weighted by atomic mass is 35.5. The molecule has 0 aliphatic rings. The summed E-state index contributed by atoms with van der Waals surface area (Å²) in [6, 6.07) is 12.3. The first-order valence-corrected chi connectivity index (χ1v) is 8.62. The Balaban J connectivity index is 1.96. The van der Waals surface area contributed by atoms with Gasteiger partial charge in [0.15, 0.2) is 0 Å². The van der Waals surface area contributed by atoms with E-state index in [-0.39, 0.29) is 10.8 Å². The van der Waals surface area contributed by atoms with Crippen LogP contribution in [0, 0.1) is 0 Å². The van der Waals surface area contributed by atoms with Crippen molar-refractivity contribution in [1.29, 1.82) is 0 Å². The minimum Gasteiger partial charge on any atom is -0.308 e. The fourth-order valence-corrected chi connectivity index (χ4v) is 3.10. The topological polar surface area (TPSA) is 41.1 Å². The predicted octanol–water partition coefficient (Wildman–Crippen LogP) is 6.53. The van der Waals surface area contributed by atoms with Gasteiger partial charge in [0, 0.05) is 21.0 Å². The summed E-state index contributed by atoms with van der Waals surface area (Å²) in [6.45, 7) is 6.48. The van der Waals surface area contributed by atoms with Crippen LogP contribution in [0.25, 0.3) is 0 Å². The van der Waals surface area contributed by atoms with Crippen molar-refractivity contribution in [3.8, 4) is 0 Å². The largest absolute Gasteiger partial charge is 0.323 e. The highest BCUT2D eigenvalue weighted by Crippen LogP contribution is 2.32. The number of anilines is 2. The molecular weight excluding hydrogens is 351 g/mol.